The Kier molecular flexibility index (Phi) is 5.90. The second-order valence-electron chi connectivity index (χ2n) is 8.01. The van der Waals surface area contributed by atoms with E-state index in [4.69, 9.17) is 5.11 Å². The average Bonchev–Trinajstić information content (AvgIpc) is 3.29. The number of ether oxygens (including phenoxy) is 1. The van der Waals surface area contributed by atoms with Gasteiger partial charge in [0.05, 0.1) is 5.56 Å². The van der Waals surface area contributed by atoms with Gasteiger partial charge in [0.2, 0.25) is 0 Å². The van der Waals surface area contributed by atoms with E-state index in [1.807, 2.05) is 12.1 Å². The second kappa shape index (κ2) is 8.47. The maximum absolute atomic E-state index is 13.0. The molecule has 31 heavy (non-hydrogen) atoms. The van der Waals surface area contributed by atoms with Crippen LogP contribution in [0.5, 0.6) is 5.75 Å². The van der Waals surface area contributed by atoms with Crippen molar-refractivity contribution in [3.8, 4) is 5.75 Å². The van der Waals surface area contributed by atoms with Crippen molar-refractivity contribution in [2.24, 2.45) is 0 Å². The topological polar surface area (TPSA) is 53.0 Å². The van der Waals surface area contributed by atoms with Crippen molar-refractivity contribution in [1.29, 1.82) is 0 Å². The first-order valence-corrected chi connectivity index (χ1v) is 9.95. The van der Waals surface area contributed by atoms with Crippen LogP contribution in [0.2, 0.25) is 0 Å². The summed E-state index contributed by atoms with van der Waals surface area (Å²) in [5.74, 6) is -1.23. The van der Waals surface area contributed by atoms with Gasteiger partial charge in [0.1, 0.15) is 5.75 Å². The van der Waals surface area contributed by atoms with Crippen LogP contribution < -0.4 is 4.74 Å². The number of hydrogen-bond acceptors (Lipinski definition) is 4. The smallest absolute Gasteiger partial charge is 0.461 e. The Bertz CT molecular complexity index is 921. The van der Waals surface area contributed by atoms with Crippen LogP contribution in [0, 0.1) is 0 Å². The molecule has 0 spiro atoms. The number of benzene rings is 2. The van der Waals surface area contributed by atoms with E-state index >= 15 is 0 Å². The molecule has 0 unspecified atom stereocenters. The molecule has 9 heteroatoms. The number of hydrogen-bond donors (Lipinski definition) is 1. The van der Waals surface area contributed by atoms with Gasteiger partial charge in [0.15, 0.2) is 0 Å². The van der Waals surface area contributed by atoms with Gasteiger partial charge in [-0.15, -0.1) is 0 Å². The summed E-state index contributed by atoms with van der Waals surface area (Å²) in [6.07, 6.45) is -7.35. The summed E-state index contributed by atoms with van der Waals surface area (Å²) in [6.45, 7) is 3.18. The number of aromatic carboxylic acids is 1. The van der Waals surface area contributed by atoms with Gasteiger partial charge in [0.25, 0.3) is 0 Å². The van der Waals surface area contributed by atoms with Gasteiger partial charge in [-0.25, -0.2) is 4.79 Å². The zero-order chi connectivity index (χ0) is 22.2. The molecular weight excluding hydrogens is 416 g/mol. The van der Waals surface area contributed by atoms with E-state index in [9.17, 15) is 22.4 Å². The minimum Gasteiger partial charge on any atom is -0.478 e. The molecule has 5 nitrogen and oxygen atoms in total. The van der Waals surface area contributed by atoms with Gasteiger partial charge >= 0.3 is 18.5 Å². The molecule has 1 N–H and O–H groups in total. The fourth-order valence-corrected chi connectivity index (χ4v) is 4.31. The van der Waals surface area contributed by atoms with Gasteiger partial charge in [-0.05, 0) is 41.8 Å². The third kappa shape index (κ3) is 4.83. The third-order valence-electron chi connectivity index (χ3n) is 5.87. The number of carboxylic acids is 1. The maximum Gasteiger partial charge on any atom is 0.461 e. The summed E-state index contributed by atoms with van der Waals surface area (Å²) in [4.78, 5) is 15.7. The summed E-state index contributed by atoms with van der Waals surface area (Å²) in [5.41, 5.74) is 2.24. The molecule has 166 valence electrons. The summed E-state index contributed by atoms with van der Waals surface area (Å²) >= 11 is 0. The maximum atomic E-state index is 13.0. The highest BCUT2D eigenvalue weighted by Gasteiger charge is 2.44. The summed E-state index contributed by atoms with van der Waals surface area (Å²) in [6, 6.07) is 13.5. The van der Waals surface area contributed by atoms with Crippen LogP contribution in [0.3, 0.4) is 0 Å². The lowest BCUT2D eigenvalue weighted by Gasteiger charge is -2.34. The SMILES string of the molecule is O=C(O)c1ccc(CN2C[C@@H]3C[C@H]2CN3Cc2ccc(OC(F)(F)C(F)F)cc2)cc1. The van der Waals surface area contributed by atoms with E-state index in [1.165, 1.54) is 12.1 Å². The largest absolute Gasteiger partial charge is 0.478 e. The molecule has 2 saturated heterocycles. The van der Waals surface area contributed by atoms with E-state index in [1.54, 1.807) is 24.3 Å². The molecule has 2 fully saturated rings. The first-order chi connectivity index (χ1) is 14.7. The molecule has 4 rings (SSSR count). The molecule has 2 atom stereocenters. The summed E-state index contributed by atoms with van der Waals surface area (Å²) in [5, 5.41) is 9.00. The van der Waals surface area contributed by atoms with Gasteiger partial charge in [-0.3, -0.25) is 9.80 Å². The summed E-state index contributed by atoms with van der Waals surface area (Å²) in [7, 11) is 0. The van der Waals surface area contributed by atoms with Crippen molar-refractivity contribution in [3.63, 3.8) is 0 Å². The minimum atomic E-state index is -4.51. The first kappa shape index (κ1) is 21.6. The van der Waals surface area contributed by atoms with E-state index in [-0.39, 0.29) is 11.3 Å². The molecule has 0 amide bonds. The van der Waals surface area contributed by atoms with Crippen LogP contribution in [-0.4, -0.2) is 58.6 Å². The average molecular weight is 438 g/mol. The van der Waals surface area contributed by atoms with Crippen molar-refractivity contribution < 1.29 is 32.2 Å². The molecule has 0 aliphatic carbocycles. The van der Waals surface area contributed by atoms with Crippen LogP contribution in [0.1, 0.15) is 27.9 Å². The lowest BCUT2D eigenvalue weighted by molar-refractivity contribution is -0.253. The highest BCUT2D eigenvalue weighted by Crippen LogP contribution is 2.33. The molecule has 2 heterocycles. The zero-order valence-corrected chi connectivity index (χ0v) is 16.6. The lowest BCUT2D eigenvalue weighted by atomic mass is 10.1. The predicted octanol–water partition coefficient (Wildman–Crippen LogP) is 4.08. The Labute approximate surface area is 176 Å². The van der Waals surface area contributed by atoms with Gasteiger partial charge < -0.3 is 9.84 Å². The van der Waals surface area contributed by atoms with Gasteiger partial charge in [0, 0.05) is 38.3 Å². The quantitative estimate of drug-likeness (QED) is 0.630. The van der Waals surface area contributed by atoms with Crippen molar-refractivity contribution in [1.82, 2.24) is 9.80 Å². The Hall–Kier alpha value is -2.65. The Morgan fingerprint density at radius 2 is 1.45 bits per heavy atom. The highest BCUT2D eigenvalue weighted by molar-refractivity contribution is 5.87. The lowest BCUT2D eigenvalue weighted by Crippen LogP contribution is -2.45. The van der Waals surface area contributed by atoms with Crippen LogP contribution in [0.4, 0.5) is 17.6 Å². The number of alkyl halides is 4. The number of halogens is 4. The van der Waals surface area contributed by atoms with E-state index in [2.05, 4.69) is 14.5 Å². The van der Waals surface area contributed by atoms with Crippen LogP contribution in [0.15, 0.2) is 48.5 Å². The fraction of sp³-hybridized carbons (Fsp3) is 0.409. The third-order valence-corrected chi connectivity index (χ3v) is 5.87. The summed E-state index contributed by atoms with van der Waals surface area (Å²) < 4.78 is 54.6. The Morgan fingerprint density at radius 3 is 1.87 bits per heavy atom. The first-order valence-electron chi connectivity index (χ1n) is 9.95. The number of carbonyl (C=O) groups is 1. The standard InChI is InChI=1S/C22H22F4N2O3/c23-21(24)22(25,26)31-19-7-3-15(4-8-19)11-28-13-17-9-18(28)12-27(17)10-14-1-5-16(6-2-14)20(29)30/h1-8,17-18,21H,9-13H2,(H,29,30)/t17-,18-/m0/s1. The molecule has 2 aliphatic rings. The molecular formula is C22H22F4N2O3. The number of carboxylic acid groups (broad SMARTS) is 1. The van der Waals surface area contributed by atoms with Gasteiger partial charge in [-0.1, -0.05) is 24.3 Å². The normalized spacial score (nSPS) is 21.7. The van der Waals surface area contributed by atoms with E-state index in [0.29, 0.717) is 18.6 Å². The number of likely N-dealkylation sites (tertiary alicyclic amines) is 2. The van der Waals surface area contributed by atoms with Crippen LogP contribution in [-0.2, 0) is 13.1 Å². The van der Waals surface area contributed by atoms with Crippen molar-refractivity contribution in [2.75, 3.05) is 13.1 Å². The highest BCUT2D eigenvalue weighted by atomic mass is 19.3. The van der Waals surface area contributed by atoms with Crippen LogP contribution >= 0.6 is 0 Å². The second-order valence-corrected chi connectivity index (χ2v) is 8.01. The van der Waals surface area contributed by atoms with Crippen molar-refractivity contribution >= 4 is 5.97 Å². The van der Waals surface area contributed by atoms with Gasteiger partial charge in [-0.2, -0.15) is 17.6 Å². The predicted molar refractivity (Wildman–Crippen MR) is 104 cm³/mol. The fourth-order valence-electron chi connectivity index (χ4n) is 4.31. The van der Waals surface area contributed by atoms with Crippen molar-refractivity contribution in [3.05, 3.63) is 65.2 Å². The van der Waals surface area contributed by atoms with E-state index < -0.39 is 18.5 Å². The number of fused-ring (bicyclic) bond motifs is 2. The molecule has 2 aromatic carbocycles. The molecule has 0 aromatic heterocycles. The molecule has 2 aliphatic heterocycles. The molecule has 0 radical (unpaired) electrons. The minimum absolute atomic E-state index is 0.271. The van der Waals surface area contributed by atoms with Crippen LogP contribution in [0.25, 0.3) is 0 Å². The van der Waals surface area contributed by atoms with E-state index in [0.717, 1.165) is 37.2 Å². The molecule has 2 bridgehead atoms. The zero-order valence-electron chi connectivity index (χ0n) is 16.6. The van der Waals surface area contributed by atoms with Crippen molar-refractivity contribution in [2.45, 2.75) is 44.1 Å². The number of nitrogens with zero attached hydrogens (tertiary/aromatic N) is 2. The molecule has 2 aromatic rings. The Balaban J connectivity index is 1.30. The Morgan fingerprint density at radius 1 is 0.968 bits per heavy atom. The molecule has 0 saturated carbocycles. The number of piperazine rings is 1. The monoisotopic (exact) mass is 438 g/mol. The number of rotatable bonds is 8.